The largest absolute Gasteiger partial charge is 0.497 e. The topological polar surface area (TPSA) is 29.5 Å². The fraction of sp³-hybridized carbons (Fsp3) is 0.296. The van der Waals surface area contributed by atoms with Gasteiger partial charge in [0.05, 0.1) is 7.11 Å². The number of likely N-dealkylation sites (tertiary alicyclic amines) is 1. The molecule has 31 heavy (non-hydrogen) atoms. The highest BCUT2D eigenvalue weighted by molar-refractivity contribution is 8.13. The number of methoxy groups -OCH3 is 1. The Hall–Kier alpha value is -2.56. The Morgan fingerprint density at radius 1 is 0.935 bits per heavy atom. The van der Waals surface area contributed by atoms with Gasteiger partial charge in [0.25, 0.3) is 0 Å². The summed E-state index contributed by atoms with van der Waals surface area (Å²) in [7, 11) is 1.68. The molecule has 0 amide bonds. The lowest BCUT2D eigenvalue weighted by Gasteiger charge is -2.28. The highest BCUT2D eigenvalue weighted by Gasteiger charge is 2.39. The molecule has 0 saturated carbocycles. The minimum absolute atomic E-state index is 0.0119. The third-order valence-electron chi connectivity index (χ3n) is 6.02. The standard InChI is InChI=1S/C27H29NO2S/c1-30-24-14-12-23(13-15-24)26-25(27(29)31-20-22-10-6-3-7-11-22)17-19-28(26)18-16-21-8-4-2-5-9-21/h2-15,25-26H,16-20H2,1H3/t25-,26-/m1/s1. The molecule has 0 aliphatic carbocycles. The fourth-order valence-corrected chi connectivity index (χ4v) is 5.31. The van der Waals surface area contributed by atoms with Gasteiger partial charge in [-0.1, -0.05) is 84.6 Å². The number of thioether (sulfide) groups is 1. The van der Waals surface area contributed by atoms with Crippen LogP contribution in [0, 0.1) is 5.92 Å². The van der Waals surface area contributed by atoms with Crippen LogP contribution >= 0.6 is 11.8 Å². The maximum Gasteiger partial charge on any atom is 0.194 e. The Morgan fingerprint density at radius 3 is 2.23 bits per heavy atom. The lowest BCUT2D eigenvalue weighted by atomic mass is 9.94. The van der Waals surface area contributed by atoms with Crippen LogP contribution in [0.4, 0.5) is 0 Å². The van der Waals surface area contributed by atoms with Crippen molar-refractivity contribution in [3.8, 4) is 5.75 Å². The van der Waals surface area contributed by atoms with Gasteiger partial charge < -0.3 is 4.74 Å². The van der Waals surface area contributed by atoms with Crippen LogP contribution in [0.3, 0.4) is 0 Å². The first kappa shape index (κ1) is 21.7. The Kier molecular flexibility index (Phi) is 7.44. The van der Waals surface area contributed by atoms with Crippen LogP contribution in [0.25, 0.3) is 0 Å². The predicted octanol–water partition coefficient (Wildman–Crippen LogP) is 5.76. The van der Waals surface area contributed by atoms with Gasteiger partial charge in [0.1, 0.15) is 5.75 Å². The predicted molar refractivity (Wildman–Crippen MR) is 128 cm³/mol. The average molecular weight is 432 g/mol. The molecule has 1 fully saturated rings. The normalized spacial score (nSPS) is 18.7. The first-order chi connectivity index (χ1) is 15.2. The van der Waals surface area contributed by atoms with Crippen molar-refractivity contribution >= 4 is 16.9 Å². The van der Waals surface area contributed by atoms with Crippen molar-refractivity contribution in [1.82, 2.24) is 4.90 Å². The molecule has 4 heteroatoms. The zero-order valence-electron chi connectivity index (χ0n) is 17.9. The van der Waals surface area contributed by atoms with Gasteiger partial charge in [-0.25, -0.2) is 0 Å². The minimum atomic E-state index is 0.0119. The molecule has 3 aromatic carbocycles. The SMILES string of the molecule is COc1ccc([C@@H]2[C@H](C(=O)SCc3ccccc3)CCN2CCc2ccccc2)cc1. The van der Waals surface area contributed by atoms with Gasteiger partial charge in [-0.05, 0) is 48.2 Å². The Balaban J connectivity index is 1.49. The third kappa shape index (κ3) is 5.57. The van der Waals surface area contributed by atoms with E-state index in [0.29, 0.717) is 5.12 Å². The summed E-state index contributed by atoms with van der Waals surface area (Å²) in [6.07, 6.45) is 1.90. The summed E-state index contributed by atoms with van der Waals surface area (Å²) in [5.41, 5.74) is 3.73. The highest BCUT2D eigenvalue weighted by Crippen LogP contribution is 2.40. The molecule has 0 radical (unpaired) electrons. The van der Waals surface area contributed by atoms with Crippen molar-refractivity contribution in [3.63, 3.8) is 0 Å². The summed E-state index contributed by atoms with van der Waals surface area (Å²) in [6, 6.07) is 29.2. The molecule has 3 aromatic rings. The average Bonchev–Trinajstić information content (AvgIpc) is 3.26. The summed E-state index contributed by atoms with van der Waals surface area (Å²) < 4.78 is 5.34. The van der Waals surface area contributed by atoms with Gasteiger partial charge in [0.15, 0.2) is 5.12 Å². The first-order valence-corrected chi connectivity index (χ1v) is 11.9. The summed E-state index contributed by atoms with van der Waals surface area (Å²) in [5, 5.41) is 0.298. The van der Waals surface area contributed by atoms with Crippen molar-refractivity contribution in [2.24, 2.45) is 5.92 Å². The van der Waals surface area contributed by atoms with Crippen molar-refractivity contribution < 1.29 is 9.53 Å². The molecule has 0 unspecified atom stereocenters. The molecule has 0 aromatic heterocycles. The van der Waals surface area contributed by atoms with Gasteiger partial charge >= 0.3 is 0 Å². The summed E-state index contributed by atoms with van der Waals surface area (Å²) >= 11 is 1.46. The van der Waals surface area contributed by atoms with E-state index in [1.54, 1.807) is 7.11 Å². The summed E-state index contributed by atoms with van der Waals surface area (Å²) in [6.45, 7) is 1.90. The smallest absolute Gasteiger partial charge is 0.194 e. The van der Waals surface area contributed by atoms with Crippen LogP contribution in [0.15, 0.2) is 84.9 Å². The highest BCUT2D eigenvalue weighted by atomic mass is 32.2. The lowest BCUT2D eigenvalue weighted by molar-refractivity contribution is -0.115. The van der Waals surface area contributed by atoms with Crippen LogP contribution in [0.1, 0.15) is 29.2 Å². The molecule has 1 aliphatic rings. The first-order valence-electron chi connectivity index (χ1n) is 10.9. The molecule has 0 N–H and O–H groups in total. The second kappa shape index (κ2) is 10.7. The van der Waals surface area contributed by atoms with Crippen molar-refractivity contribution in [2.45, 2.75) is 24.6 Å². The molecule has 1 heterocycles. The van der Waals surface area contributed by atoms with Gasteiger partial charge in [0.2, 0.25) is 0 Å². The maximum absolute atomic E-state index is 13.3. The number of hydrogen-bond acceptors (Lipinski definition) is 4. The maximum atomic E-state index is 13.3. The molecule has 0 bridgehead atoms. The van der Waals surface area contributed by atoms with E-state index in [-0.39, 0.29) is 12.0 Å². The fourth-order valence-electron chi connectivity index (χ4n) is 4.35. The van der Waals surface area contributed by atoms with Gasteiger partial charge in [-0.3, -0.25) is 9.69 Å². The summed E-state index contributed by atoms with van der Waals surface area (Å²) in [5.74, 6) is 1.59. The van der Waals surface area contributed by atoms with Crippen LogP contribution in [0.2, 0.25) is 0 Å². The number of nitrogens with zero attached hydrogens (tertiary/aromatic N) is 1. The van der Waals surface area contributed by atoms with E-state index in [1.165, 1.54) is 28.5 Å². The molecule has 1 saturated heterocycles. The number of ether oxygens (including phenoxy) is 1. The monoisotopic (exact) mass is 431 g/mol. The molecule has 0 spiro atoms. The van der Waals surface area contributed by atoms with Crippen molar-refractivity contribution in [2.75, 3.05) is 20.2 Å². The van der Waals surface area contributed by atoms with Crippen LogP contribution in [-0.2, 0) is 17.0 Å². The van der Waals surface area contributed by atoms with Crippen LogP contribution < -0.4 is 4.74 Å². The van der Waals surface area contributed by atoms with E-state index in [9.17, 15) is 4.79 Å². The van der Waals surface area contributed by atoms with Gasteiger partial charge in [-0.15, -0.1) is 0 Å². The Bertz CT molecular complexity index is 960. The molecule has 2 atom stereocenters. The van der Waals surface area contributed by atoms with E-state index in [2.05, 4.69) is 59.5 Å². The molecule has 160 valence electrons. The van der Waals surface area contributed by atoms with E-state index >= 15 is 0 Å². The van der Waals surface area contributed by atoms with Crippen molar-refractivity contribution in [3.05, 3.63) is 102 Å². The number of rotatable bonds is 8. The number of carbonyl (C=O) groups is 1. The minimum Gasteiger partial charge on any atom is -0.497 e. The van der Waals surface area contributed by atoms with Crippen LogP contribution in [0.5, 0.6) is 5.75 Å². The second-order valence-electron chi connectivity index (χ2n) is 7.98. The third-order valence-corrected chi connectivity index (χ3v) is 7.08. The zero-order chi connectivity index (χ0) is 21.5. The van der Waals surface area contributed by atoms with E-state index in [1.807, 2.05) is 30.3 Å². The summed E-state index contributed by atoms with van der Waals surface area (Å²) in [4.78, 5) is 15.7. The van der Waals surface area contributed by atoms with E-state index < -0.39 is 0 Å². The van der Waals surface area contributed by atoms with E-state index in [4.69, 9.17) is 4.74 Å². The molecule has 4 rings (SSSR count). The zero-order valence-corrected chi connectivity index (χ0v) is 18.8. The molecule has 1 aliphatic heterocycles. The molecule has 3 nitrogen and oxygen atoms in total. The van der Waals surface area contributed by atoms with Crippen molar-refractivity contribution in [1.29, 1.82) is 0 Å². The number of benzene rings is 3. The van der Waals surface area contributed by atoms with Gasteiger partial charge in [-0.2, -0.15) is 0 Å². The molecular weight excluding hydrogens is 402 g/mol. The van der Waals surface area contributed by atoms with Gasteiger partial charge in [0, 0.05) is 24.3 Å². The van der Waals surface area contributed by atoms with Crippen LogP contribution in [-0.4, -0.2) is 30.2 Å². The van der Waals surface area contributed by atoms with E-state index in [0.717, 1.165) is 37.4 Å². The Morgan fingerprint density at radius 2 is 1.58 bits per heavy atom. The lowest BCUT2D eigenvalue weighted by Crippen LogP contribution is -2.29. The number of hydrogen-bond donors (Lipinski definition) is 0. The quantitative estimate of drug-likeness (QED) is 0.453. The molecular formula is C27H29NO2S. The Labute approximate surface area is 189 Å². The number of carbonyl (C=O) groups excluding carboxylic acids is 1. The second-order valence-corrected chi connectivity index (χ2v) is 8.96.